The fourth-order valence-electron chi connectivity index (χ4n) is 4.57. The molecule has 0 unspecified atom stereocenters. The smallest absolute Gasteiger partial charge is 0.142 e. The highest BCUT2D eigenvalue weighted by atomic mass is 16.6. The molecule has 0 aromatic rings. The van der Waals surface area contributed by atoms with Crippen LogP contribution in [-0.4, -0.2) is 22.9 Å². The van der Waals surface area contributed by atoms with Gasteiger partial charge in [0.05, 0.1) is 12.1 Å². The maximum atomic E-state index is 12.6. The van der Waals surface area contributed by atoms with Gasteiger partial charge in [-0.15, -0.1) is 10.3 Å². The van der Waals surface area contributed by atoms with E-state index in [2.05, 4.69) is 13.8 Å². The van der Waals surface area contributed by atoms with Crippen LogP contribution >= 0.6 is 0 Å². The molecule has 3 atom stereocenters. The molecule has 1 saturated heterocycles. The minimum absolute atomic E-state index is 0.103. The van der Waals surface area contributed by atoms with Gasteiger partial charge < -0.3 is 4.74 Å². The summed E-state index contributed by atoms with van der Waals surface area (Å²) in [4.78, 5) is 0. The van der Waals surface area contributed by atoms with Gasteiger partial charge in [0.15, 0.2) is 0 Å². The van der Waals surface area contributed by atoms with Gasteiger partial charge in [0.25, 0.3) is 0 Å². The largest absolute Gasteiger partial charge is 0.357 e. The highest BCUT2D eigenvalue weighted by Crippen LogP contribution is 2.66. The second kappa shape index (κ2) is 2.82. The molecule has 1 heterocycles. The molecule has 3 rings (SSSR count). The Labute approximate surface area is 97.7 Å². The second-order valence-electron chi connectivity index (χ2n) is 6.88. The molecule has 0 N–H and O–H groups in total. The van der Waals surface area contributed by atoms with E-state index in [0.29, 0.717) is 18.4 Å². The van der Waals surface area contributed by atoms with Gasteiger partial charge in [-0.05, 0) is 50.4 Å². The fraction of sp³-hybridized carbons (Fsp3) is 1.00. The molecule has 2 saturated carbocycles. The molecule has 1 radical (unpaired) electrons. The predicted molar refractivity (Wildman–Crippen MR) is 59.9 cm³/mol. The van der Waals surface area contributed by atoms with Crippen molar-refractivity contribution in [2.75, 3.05) is 6.61 Å². The quantitative estimate of drug-likeness (QED) is 0.633. The monoisotopic (exact) mass is 224 g/mol. The van der Waals surface area contributed by atoms with Crippen molar-refractivity contribution < 1.29 is 9.94 Å². The number of ether oxygens (including phenoxy) is 1. The Balaban J connectivity index is 2.06. The molecular formula is C13H22NO2. The summed E-state index contributed by atoms with van der Waals surface area (Å²) in [7, 11) is 0. The van der Waals surface area contributed by atoms with Gasteiger partial charge in [0.2, 0.25) is 0 Å². The van der Waals surface area contributed by atoms with Crippen LogP contribution < -0.4 is 0 Å². The zero-order valence-corrected chi connectivity index (χ0v) is 10.7. The van der Waals surface area contributed by atoms with Gasteiger partial charge in [-0.3, -0.25) is 0 Å². The van der Waals surface area contributed by atoms with Crippen molar-refractivity contribution >= 4 is 0 Å². The van der Waals surface area contributed by atoms with Gasteiger partial charge in [-0.2, -0.15) is 0 Å². The van der Waals surface area contributed by atoms with E-state index in [9.17, 15) is 5.21 Å². The fourth-order valence-corrected chi connectivity index (χ4v) is 4.57. The average Bonchev–Trinajstić information content (AvgIpc) is 2.78. The first-order chi connectivity index (χ1) is 7.32. The summed E-state index contributed by atoms with van der Waals surface area (Å²) < 4.78 is 5.79. The Morgan fingerprint density at radius 1 is 1.12 bits per heavy atom. The normalized spacial score (nSPS) is 49.3. The third-order valence-electron chi connectivity index (χ3n) is 5.74. The minimum atomic E-state index is -0.637. The van der Waals surface area contributed by atoms with Crippen LogP contribution in [0.5, 0.6) is 0 Å². The van der Waals surface area contributed by atoms with Crippen molar-refractivity contribution in [3.63, 3.8) is 0 Å². The Morgan fingerprint density at radius 3 is 2.19 bits per heavy atom. The lowest BCUT2D eigenvalue weighted by atomic mass is 9.63. The average molecular weight is 224 g/mol. The molecule has 3 aliphatic rings. The number of fused-ring (bicyclic) bond motifs is 3. The van der Waals surface area contributed by atoms with Crippen LogP contribution in [-0.2, 0) is 9.94 Å². The first-order valence-electron chi connectivity index (χ1n) is 6.44. The van der Waals surface area contributed by atoms with E-state index in [-0.39, 0.29) is 11.0 Å². The Morgan fingerprint density at radius 2 is 1.75 bits per heavy atom. The molecule has 3 heteroatoms. The number of hydroxylamine groups is 2. The first kappa shape index (κ1) is 11.0. The van der Waals surface area contributed by atoms with Crippen molar-refractivity contribution in [2.45, 2.75) is 58.2 Å². The van der Waals surface area contributed by atoms with Crippen LogP contribution in [0, 0.1) is 17.3 Å². The number of hydrogen-bond acceptors (Lipinski definition) is 2. The lowest BCUT2D eigenvalue weighted by Gasteiger charge is -2.49. The molecule has 0 amide bonds. The van der Waals surface area contributed by atoms with Gasteiger partial charge >= 0.3 is 0 Å². The van der Waals surface area contributed by atoms with Gasteiger partial charge in [0, 0.05) is 0 Å². The first-order valence-corrected chi connectivity index (χ1v) is 6.44. The van der Waals surface area contributed by atoms with E-state index in [1.165, 1.54) is 24.3 Å². The predicted octanol–water partition coefficient (Wildman–Crippen LogP) is 2.60. The van der Waals surface area contributed by atoms with Gasteiger partial charge in [0.1, 0.15) is 5.72 Å². The van der Waals surface area contributed by atoms with E-state index >= 15 is 0 Å². The number of rotatable bonds is 0. The summed E-state index contributed by atoms with van der Waals surface area (Å²) in [6.07, 6.45) is 3.74. The van der Waals surface area contributed by atoms with Gasteiger partial charge in [-0.1, -0.05) is 13.8 Å². The number of nitrogens with zero attached hydrogens (tertiary/aromatic N) is 1. The maximum Gasteiger partial charge on any atom is 0.142 e. The molecule has 2 aliphatic carbocycles. The lowest BCUT2D eigenvalue weighted by molar-refractivity contribution is -0.307. The van der Waals surface area contributed by atoms with Crippen LogP contribution in [0.3, 0.4) is 0 Å². The van der Waals surface area contributed by atoms with Crippen molar-refractivity contribution in [1.82, 2.24) is 5.06 Å². The van der Waals surface area contributed by atoms with Crippen molar-refractivity contribution in [3.8, 4) is 0 Å². The molecule has 1 spiro atoms. The van der Waals surface area contributed by atoms with E-state index in [4.69, 9.17) is 4.74 Å². The maximum absolute atomic E-state index is 12.6. The highest BCUT2D eigenvalue weighted by Gasteiger charge is 2.71. The minimum Gasteiger partial charge on any atom is -0.357 e. The summed E-state index contributed by atoms with van der Waals surface area (Å²) in [5, 5.41) is 13.9. The molecule has 2 bridgehead atoms. The van der Waals surface area contributed by atoms with E-state index in [0.717, 1.165) is 0 Å². The van der Waals surface area contributed by atoms with Crippen molar-refractivity contribution in [1.29, 1.82) is 0 Å². The van der Waals surface area contributed by atoms with Crippen LogP contribution in [0.15, 0.2) is 0 Å². The zero-order valence-electron chi connectivity index (χ0n) is 10.7. The Bertz CT molecular complexity index is 326. The molecule has 3 fully saturated rings. The van der Waals surface area contributed by atoms with Crippen molar-refractivity contribution in [2.24, 2.45) is 17.3 Å². The molecular weight excluding hydrogens is 202 g/mol. The molecule has 0 aromatic heterocycles. The third-order valence-corrected chi connectivity index (χ3v) is 5.74. The van der Waals surface area contributed by atoms with Crippen LogP contribution in [0.1, 0.15) is 47.0 Å². The van der Waals surface area contributed by atoms with E-state index in [1.54, 1.807) is 0 Å². The molecule has 3 nitrogen and oxygen atoms in total. The van der Waals surface area contributed by atoms with Crippen LogP contribution in [0.2, 0.25) is 0 Å². The standard InChI is InChI=1S/C13H22NO2/c1-11(2)9-5-6-10(7-9)13(11)8-16-12(3,4)14(13)15/h9-10H,5-8H2,1-4H3/t9-,10+,13-/m1/s1. The highest BCUT2D eigenvalue weighted by molar-refractivity contribution is 5.18. The summed E-state index contributed by atoms with van der Waals surface area (Å²) >= 11 is 0. The number of hydrogen-bond donors (Lipinski definition) is 0. The molecule has 1 aliphatic heterocycles. The summed E-state index contributed by atoms with van der Waals surface area (Å²) in [5.41, 5.74) is -0.785. The molecule has 91 valence electrons. The van der Waals surface area contributed by atoms with E-state index < -0.39 is 5.72 Å². The van der Waals surface area contributed by atoms with Crippen LogP contribution in [0.4, 0.5) is 0 Å². The van der Waals surface area contributed by atoms with E-state index in [1.807, 2.05) is 13.8 Å². The van der Waals surface area contributed by atoms with Gasteiger partial charge in [-0.25, -0.2) is 0 Å². The summed E-state index contributed by atoms with van der Waals surface area (Å²) in [6.45, 7) is 8.96. The van der Waals surface area contributed by atoms with Crippen LogP contribution in [0.25, 0.3) is 0 Å². The topological polar surface area (TPSA) is 32.4 Å². The molecule has 0 aromatic carbocycles. The lowest BCUT2D eigenvalue weighted by Crippen LogP contribution is -2.61. The second-order valence-corrected chi connectivity index (χ2v) is 6.88. The summed E-state index contributed by atoms with van der Waals surface area (Å²) in [5.74, 6) is 1.26. The summed E-state index contributed by atoms with van der Waals surface area (Å²) in [6, 6.07) is 0. The molecule has 16 heavy (non-hydrogen) atoms. The van der Waals surface area contributed by atoms with Crippen molar-refractivity contribution in [3.05, 3.63) is 0 Å². The SMILES string of the molecule is CC1(C)OC[C@]2([C@H]3CC[C@H](C3)C2(C)C)N1[O]. The Hall–Kier alpha value is -0.120. The zero-order chi connectivity index (χ0) is 11.8. The third kappa shape index (κ3) is 0.964. The Kier molecular flexibility index (Phi) is 1.94.